The van der Waals surface area contributed by atoms with E-state index in [2.05, 4.69) is 6.07 Å². The minimum absolute atomic E-state index is 0.927. The van der Waals surface area contributed by atoms with Crippen molar-refractivity contribution in [1.82, 2.24) is 0 Å². The van der Waals surface area contributed by atoms with Gasteiger partial charge < -0.3 is 0 Å². The average molecular weight is 111 g/mol. The first kappa shape index (κ1) is 4.73. The molecule has 0 amide bonds. The third kappa shape index (κ3) is 0.971. The van der Waals surface area contributed by atoms with Crippen molar-refractivity contribution in [2.75, 3.05) is 11.5 Å². The lowest BCUT2D eigenvalue weighted by atomic mass is 10.3. The number of hydrogen-bond donors (Lipinski definition) is 0. The van der Waals surface area contributed by atoms with Crippen LogP contribution >= 0.6 is 11.8 Å². The number of rotatable bonds is 0. The Kier molecular flexibility index (Phi) is 1.38. The van der Waals surface area contributed by atoms with Gasteiger partial charge in [-0.25, -0.2) is 0 Å². The minimum Gasteiger partial charge on any atom is -0.193 e. The van der Waals surface area contributed by atoms with Gasteiger partial charge in [0.2, 0.25) is 0 Å². The van der Waals surface area contributed by atoms with Gasteiger partial charge in [-0.3, -0.25) is 0 Å². The first-order chi connectivity index (χ1) is 3.43. The number of hydrogen-bond acceptors (Lipinski definition) is 2. The Bertz CT molecular complexity index is 132. The summed E-state index contributed by atoms with van der Waals surface area (Å²) in [5, 5.41) is 8.23. The fourth-order valence-electron chi connectivity index (χ4n) is 0.465. The molecule has 0 atom stereocenters. The van der Waals surface area contributed by atoms with E-state index in [0.717, 1.165) is 17.1 Å². The molecule has 0 bridgehead atoms. The van der Waals surface area contributed by atoms with Gasteiger partial charge in [0.15, 0.2) is 0 Å². The van der Waals surface area contributed by atoms with Crippen molar-refractivity contribution in [2.45, 2.75) is 0 Å². The first-order valence-electron chi connectivity index (χ1n) is 2.10. The summed E-state index contributed by atoms with van der Waals surface area (Å²) in [7, 11) is 0. The van der Waals surface area contributed by atoms with Gasteiger partial charge in [0.25, 0.3) is 0 Å². The fourth-order valence-corrected chi connectivity index (χ4v) is 1.30. The number of thioether (sulfide) groups is 1. The molecule has 1 rings (SSSR count). The van der Waals surface area contributed by atoms with Crippen molar-refractivity contribution in [3.05, 3.63) is 11.6 Å². The molecule has 0 aromatic carbocycles. The summed E-state index contributed by atoms with van der Waals surface area (Å²) < 4.78 is 0. The summed E-state index contributed by atoms with van der Waals surface area (Å²) in [4.78, 5) is 0. The van der Waals surface area contributed by atoms with Crippen LogP contribution in [0.25, 0.3) is 0 Å². The average Bonchev–Trinajstić information content (AvgIpc) is 2.14. The van der Waals surface area contributed by atoms with Crippen molar-refractivity contribution in [1.29, 1.82) is 5.26 Å². The lowest BCUT2D eigenvalue weighted by Gasteiger charge is -1.77. The van der Waals surface area contributed by atoms with Gasteiger partial charge in [-0.2, -0.15) is 17.0 Å². The molecular weight excluding hydrogens is 106 g/mol. The smallest absolute Gasteiger partial charge is 0.0952 e. The fraction of sp³-hybridized carbons (Fsp3) is 0.400. The van der Waals surface area contributed by atoms with Gasteiger partial charge in [0, 0.05) is 17.1 Å². The van der Waals surface area contributed by atoms with Crippen LogP contribution in [0.4, 0.5) is 0 Å². The zero-order chi connectivity index (χ0) is 5.11. The maximum atomic E-state index is 8.23. The first-order valence-corrected chi connectivity index (χ1v) is 3.26. The Balaban J connectivity index is 2.57. The molecule has 36 valence electrons. The van der Waals surface area contributed by atoms with E-state index < -0.39 is 0 Å². The maximum Gasteiger partial charge on any atom is 0.0952 e. The van der Waals surface area contributed by atoms with Gasteiger partial charge in [0.1, 0.15) is 0 Å². The van der Waals surface area contributed by atoms with Gasteiger partial charge in [-0.15, -0.1) is 0 Å². The van der Waals surface area contributed by atoms with Crippen molar-refractivity contribution >= 4 is 11.8 Å². The molecule has 1 nitrogen and oxygen atoms in total. The van der Waals surface area contributed by atoms with E-state index in [1.54, 1.807) is 11.8 Å². The molecule has 0 unspecified atom stereocenters. The van der Waals surface area contributed by atoms with Crippen molar-refractivity contribution in [3.63, 3.8) is 0 Å². The maximum absolute atomic E-state index is 8.23. The van der Waals surface area contributed by atoms with Crippen LogP contribution in [0, 0.1) is 11.3 Å². The summed E-state index contributed by atoms with van der Waals surface area (Å²) in [6, 6.07) is 2.10. The predicted molar refractivity (Wildman–Crippen MR) is 31.0 cm³/mol. The summed E-state index contributed by atoms with van der Waals surface area (Å²) in [6.45, 7) is 0. The van der Waals surface area contributed by atoms with Crippen LogP contribution in [0.3, 0.4) is 0 Å². The van der Waals surface area contributed by atoms with Crippen molar-refractivity contribution in [3.8, 4) is 6.07 Å². The topological polar surface area (TPSA) is 23.8 Å². The highest BCUT2D eigenvalue weighted by atomic mass is 32.2. The van der Waals surface area contributed by atoms with E-state index in [9.17, 15) is 0 Å². The Morgan fingerprint density at radius 2 is 2.71 bits per heavy atom. The highest BCUT2D eigenvalue weighted by Crippen LogP contribution is 2.14. The highest BCUT2D eigenvalue weighted by molar-refractivity contribution is 7.99. The number of nitrogens with zero attached hydrogens (tertiary/aromatic N) is 1. The molecule has 0 aliphatic carbocycles. The van der Waals surface area contributed by atoms with Crippen LogP contribution in [0.5, 0.6) is 0 Å². The quantitative estimate of drug-likeness (QED) is 0.468. The molecule has 2 heteroatoms. The van der Waals surface area contributed by atoms with Gasteiger partial charge >= 0.3 is 0 Å². The van der Waals surface area contributed by atoms with Crippen LogP contribution in [-0.4, -0.2) is 11.5 Å². The molecule has 0 aromatic rings. The highest BCUT2D eigenvalue weighted by Gasteiger charge is 2.00. The summed E-state index contributed by atoms with van der Waals surface area (Å²) in [6.07, 6.45) is 1.98. The Morgan fingerprint density at radius 1 is 1.86 bits per heavy atom. The van der Waals surface area contributed by atoms with Crippen LogP contribution in [-0.2, 0) is 0 Å². The summed E-state index contributed by atoms with van der Waals surface area (Å²) >= 11 is 1.79. The third-order valence-corrected chi connectivity index (χ3v) is 1.77. The second kappa shape index (κ2) is 2.04. The van der Waals surface area contributed by atoms with Gasteiger partial charge in [0.05, 0.1) is 6.07 Å². The standard InChI is InChI=1S/C5H5NS/c6-3-5-1-2-7-4-5/h1H,2,4H2. The normalized spacial score (nSPS) is 18.4. The Hall–Kier alpha value is -0.420. The van der Waals surface area contributed by atoms with Gasteiger partial charge in [-0.05, 0) is 0 Å². The van der Waals surface area contributed by atoms with Crippen molar-refractivity contribution in [2.24, 2.45) is 0 Å². The summed E-state index contributed by atoms with van der Waals surface area (Å²) in [5.41, 5.74) is 0.935. The zero-order valence-corrected chi connectivity index (χ0v) is 4.66. The largest absolute Gasteiger partial charge is 0.193 e. The van der Waals surface area contributed by atoms with Crippen LogP contribution < -0.4 is 0 Å². The molecular formula is C5H5NS. The molecule has 1 aliphatic rings. The molecule has 0 saturated carbocycles. The van der Waals surface area contributed by atoms with E-state index in [-0.39, 0.29) is 0 Å². The van der Waals surface area contributed by atoms with Crippen LogP contribution in [0.2, 0.25) is 0 Å². The SMILES string of the molecule is N#CC1=CCSC1. The Labute approximate surface area is 47.0 Å². The van der Waals surface area contributed by atoms with Crippen LogP contribution in [0.1, 0.15) is 0 Å². The molecule has 0 spiro atoms. The molecule has 1 heterocycles. The van der Waals surface area contributed by atoms with Gasteiger partial charge in [-0.1, -0.05) is 6.08 Å². The second-order valence-corrected chi connectivity index (χ2v) is 2.39. The Morgan fingerprint density at radius 3 is 3.00 bits per heavy atom. The molecule has 0 N–H and O–H groups in total. The van der Waals surface area contributed by atoms with Crippen LogP contribution in [0.15, 0.2) is 11.6 Å². The molecule has 0 saturated heterocycles. The lowest BCUT2D eigenvalue weighted by Crippen LogP contribution is -1.70. The van der Waals surface area contributed by atoms with E-state index in [4.69, 9.17) is 5.26 Å². The lowest BCUT2D eigenvalue weighted by molar-refractivity contribution is 1.46. The molecule has 1 aliphatic heterocycles. The summed E-state index contributed by atoms with van der Waals surface area (Å²) in [5.74, 6) is 1.96. The molecule has 0 aromatic heterocycles. The van der Waals surface area contributed by atoms with E-state index in [1.807, 2.05) is 6.08 Å². The third-order valence-electron chi connectivity index (χ3n) is 0.849. The monoisotopic (exact) mass is 111 g/mol. The molecule has 7 heavy (non-hydrogen) atoms. The molecule has 0 fully saturated rings. The van der Waals surface area contributed by atoms with E-state index in [1.165, 1.54) is 0 Å². The zero-order valence-electron chi connectivity index (χ0n) is 3.85. The number of nitriles is 1. The minimum atomic E-state index is 0.927. The van der Waals surface area contributed by atoms with Crippen molar-refractivity contribution < 1.29 is 0 Å². The molecule has 0 radical (unpaired) electrons. The van der Waals surface area contributed by atoms with E-state index in [0.29, 0.717) is 0 Å². The van der Waals surface area contributed by atoms with E-state index >= 15 is 0 Å². The predicted octanol–water partition coefficient (Wildman–Crippen LogP) is 1.18. The second-order valence-electron chi connectivity index (χ2n) is 1.36.